The third-order valence-electron chi connectivity index (χ3n) is 5.45. The number of hydrogen-bond acceptors (Lipinski definition) is 4. The van der Waals surface area contributed by atoms with Crippen molar-refractivity contribution in [3.05, 3.63) is 83.5 Å². The quantitative estimate of drug-likeness (QED) is 0.437. The van der Waals surface area contributed by atoms with Crippen LogP contribution in [0.5, 0.6) is 0 Å². The zero-order valence-electron chi connectivity index (χ0n) is 17.0. The van der Waals surface area contributed by atoms with E-state index in [2.05, 4.69) is 45.9 Å². The van der Waals surface area contributed by atoms with Gasteiger partial charge < -0.3 is 15.4 Å². The van der Waals surface area contributed by atoms with Crippen LogP contribution in [0.2, 0.25) is 5.02 Å². The lowest BCUT2D eigenvalue weighted by Gasteiger charge is -2.38. The first-order chi connectivity index (χ1) is 15.1. The highest BCUT2D eigenvalue weighted by Crippen LogP contribution is 2.34. The van der Waals surface area contributed by atoms with Gasteiger partial charge >= 0.3 is 0 Å². The summed E-state index contributed by atoms with van der Waals surface area (Å²) in [6.07, 6.45) is 3.75. The summed E-state index contributed by atoms with van der Waals surface area (Å²) >= 11 is 13.1. The maximum absolute atomic E-state index is 5.94. The molecule has 0 radical (unpaired) electrons. The van der Waals surface area contributed by atoms with E-state index in [0.717, 1.165) is 53.2 Å². The molecule has 0 saturated carbocycles. The van der Waals surface area contributed by atoms with Crippen LogP contribution in [-0.4, -0.2) is 29.9 Å². The number of pyridine rings is 1. The Balaban J connectivity index is 1.34. The molecule has 2 heterocycles. The van der Waals surface area contributed by atoms with Gasteiger partial charge in [0.05, 0.1) is 11.9 Å². The molecule has 0 bridgehead atoms. The SMILES string of the molecule is S=C(NCC1(c2ccccc2)CCOCC1)Nc1ccc(Sc2ccc(Cl)cc2)nc1. The molecule has 2 N–H and O–H groups in total. The molecule has 1 aliphatic rings. The fraction of sp³-hybridized carbons (Fsp3) is 0.250. The van der Waals surface area contributed by atoms with Gasteiger partial charge in [-0.3, -0.25) is 0 Å². The second kappa shape index (κ2) is 10.5. The number of ether oxygens (including phenoxy) is 1. The molecule has 0 amide bonds. The Hall–Kier alpha value is -2.12. The van der Waals surface area contributed by atoms with E-state index in [9.17, 15) is 0 Å². The second-order valence-corrected chi connectivity index (χ2v) is 9.45. The Morgan fingerprint density at radius 1 is 1.03 bits per heavy atom. The largest absolute Gasteiger partial charge is 0.381 e. The molecule has 1 saturated heterocycles. The Morgan fingerprint density at radius 3 is 2.45 bits per heavy atom. The maximum atomic E-state index is 5.94. The minimum Gasteiger partial charge on any atom is -0.381 e. The molecule has 0 aliphatic carbocycles. The molecule has 1 aliphatic heterocycles. The van der Waals surface area contributed by atoms with Gasteiger partial charge in [0.1, 0.15) is 5.03 Å². The molecule has 160 valence electrons. The van der Waals surface area contributed by atoms with Gasteiger partial charge in [-0.1, -0.05) is 53.7 Å². The van der Waals surface area contributed by atoms with Crippen LogP contribution in [0.3, 0.4) is 0 Å². The minimum atomic E-state index is 0.0303. The molecular weight excluding hydrogens is 446 g/mol. The van der Waals surface area contributed by atoms with E-state index in [0.29, 0.717) is 5.11 Å². The van der Waals surface area contributed by atoms with E-state index in [4.69, 9.17) is 28.6 Å². The summed E-state index contributed by atoms with van der Waals surface area (Å²) in [7, 11) is 0. The van der Waals surface area contributed by atoms with Crippen LogP contribution in [0.25, 0.3) is 0 Å². The molecule has 0 atom stereocenters. The number of rotatable bonds is 6. The van der Waals surface area contributed by atoms with Gasteiger partial charge in [0.25, 0.3) is 0 Å². The zero-order chi connectivity index (χ0) is 21.5. The van der Waals surface area contributed by atoms with Crippen molar-refractivity contribution in [2.75, 3.05) is 25.1 Å². The Labute approximate surface area is 197 Å². The summed E-state index contributed by atoms with van der Waals surface area (Å²) in [5.41, 5.74) is 2.22. The van der Waals surface area contributed by atoms with Crippen molar-refractivity contribution in [3.8, 4) is 0 Å². The molecule has 1 aromatic heterocycles. The zero-order valence-corrected chi connectivity index (χ0v) is 19.4. The summed E-state index contributed by atoms with van der Waals surface area (Å²) in [5, 5.41) is 8.91. The average molecular weight is 470 g/mol. The van der Waals surface area contributed by atoms with Crippen LogP contribution in [0.4, 0.5) is 5.69 Å². The Bertz CT molecular complexity index is 992. The summed E-state index contributed by atoms with van der Waals surface area (Å²) in [6.45, 7) is 2.31. The monoisotopic (exact) mass is 469 g/mol. The molecule has 3 aromatic rings. The number of benzene rings is 2. The summed E-state index contributed by atoms with van der Waals surface area (Å²) in [5.74, 6) is 0. The van der Waals surface area contributed by atoms with Crippen LogP contribution in [0.1, 0.15) is 18.4 Å². The molecule has 4 nitrogen and oxygen atoms in total. The number of aromatic nitrogens is 1. The van der Waals surface area contributed by atoms with Crippen molar-refractivity contribution in [1.82, 2.24) is 10.3 Å². The number of anilines is 1. The van der Waals surface area contributed by atoms with Gasteiger partial charge in [-0.2, -0.15) is 0 Å². The number of thiocarbonyl (C=S) groups is 1. The van der Waals surface area contributed by atoms with Gasteiger partial charge in [0, 0.05) is 35.1 Å². The first-order valence-electron chi connectivity index (χ1n) is 10.2. The summed E-state index contributed by atoms with van der Waals surface area (Å²) in [6, 6.07) is 22.3. The highest BCUT2D eigenvalue weighted by atomic mass is 35.5. The number of halogens is 1. The first-order valence-corrected chi connectivity index (χ1v) is 11.8. The molecule has 7 heteroatoms. The van der Waals surface area contributed by atoms with E-state index in [1.807, 2.05) is 36.4 Å². The standard InChI is InChI=1S/C24H24ClN3OS2/c25-19-6-9-21(10-7-19)31-22-11-8-20(16-26-22)28-23(30)27-17-24(12-14-29-15-13-24)18-4-2-1-3-5-18/h1-11,16H,12-15,17H2,(H2,27,28,30). The van der Waals surface area contributed by atoms with Crippen molar-refractivity contribution < 1.29 is 4.74 Å². The molecule has 1 fully saturated rings. The van der Waals surface area contributed by atoms with E-state index in [-0.39, 0.29) is 5.41 Å². The first kappa shape index (κ1) is 22.1. The van der Waals surface area contributed by atoms with Gasteiger partial charge in [-0.05, 0) is 67.0 Å². The number of nitrogens with one attached hydrogen (secondary N) is 2. The number of hydrogen-bond donors (Lipinski definition) is 2. The lowest BCUT2D eigenvalue weighted by molar-refractivity contribution is 0.0515. The van der Waals surface area contributed by atoms with Crippen molar-refractivity contribution >= 4 is 46.4 Å². The highest BCUT2D eigenvalue weighted by Gasteiger charge is 2.34. The molecule has 0 unspecified atom stereocenters. The fourth-order valence-electron chi connectivity index (χ4n) is 3.68. The van der Waals surface area contributed by atoms with Crippen molar-refractivity contribution in [2.24, 2.45) is 0 Å². The van der Waals surface area contributed by atoms with Crippen LogP contribution in [-0.2, 0) is 10.2 Å². The summed E-state index contributed by atoms with van der Waals surface area (Å²) < 4.78 is 5.62. The van der Waals surface area contributed by atoms with E-state index < -0.39 is 0 Å². The predicted octanol–water partition coefficient (Wildman–Crippen LogP) is 5.92. The van der Waals surface area contributed by atoms with Crippen molar-refractivity contribution in [3.63, 3.8) is 0 Å². The van der Waals surface area contributed by atoms with E-state index in [1.54, 1.807) is 18.0 Å². The third kappa shape index (κ3) is 5.98. The normalized spacial score (nSPS) is 15.3. The summed E-state index contributed by atoms with van der Waals surface area (Å²) in [4.78, 5) is 5.62. The van der Waals surface area contributed by atoms with Crippen LogP contribution < -0.4 is 10.6 Å². The fourth-order valence-corrected chi connectivity index (χ4v) is 4.76. The lowest BCUT2D eigenvalue weighted by Crippen LogP contribution is -2.45. The van der Waals surface area contributed by atoms with Crippen molar-refractivity contribution in [1.29, 1.82) is 0 Å². The van der Waals surface area contributed by atoms with Gasteiger partial charge in [-0.25, -0.2) is 4.98 Å². The molecule has 2 aromatic carbocycles. The molecule has 0 spiro atoms. The maximum Gasteiger partial charge on any atom is 0.170 e. The molecule has 31 heavy (non-hydrogen) atoms. The molecular formula is C24H24ClN3OS2. The average Bonchev–Trinajstić information content (AvgIpc) is 2.82. The Morgan fingerprint density at radius 2 is 1.77 bits per heavy atom. The van der Waals surface area contributed by atoms with Gasteiger partial charge in [0.15, 0.2) is 5.11 Å². The predicted molar refractivity (Wildman–Crippen MR) is 132 cm³/mol. The Kier molecular flexibility index (Phi) is 7.45. The topological polar surface area (TPSA) is 46.2 Å². The lowest BCUT2D eigenvalue weighted by atomic mass is 9.74. The van der Waals surface area contributed by atoms with Gasteiger partial charge in [-0.15, -0.1) is 0 Å². The molecule has 4 rings (SSSR count). The van der Waals surface area contributed by atoms with Crippen molar-refractivity contribution in [2.45, 2.75) is 28.2 Å². The minimum absolute atomic E-state index is 0.0303. The second-order valence-electron chi connectivity index (χ2n) is 7.51. The third-order valence-corrected chi connectivity index (χ3v) is 6.91. The van der Waals surface area contributed by atoms with Gasteiger partial charge in [0.2, 0.25) is 0 Å². The van der Waals surface area contributed by atoms with E-state index >= 15 is 0 Å². The van der Waals surface area contributed by atoms with Crippen LogP contribution in [0, 0.1) is 0 Å². The smallest absolute Gasteiger partial charge is 0.170 e. The number of nitrogens with zero attached hydrogens (tertiary/aromatic N) is 1. The highest BCUT2D eigenvalue weighted by molar-refractivity contribution is 7.99. The van der Waals surface area contributed by atoms with Crippen LogP contribution >= 0.6 is 35.6 Å². The van der Waals surface area contributed by atoms with Crippen LogP contribution in [0.15, 0.2) is 82.8 Å². The van der Waals surface area contributed by atoms with E-state index in [1.165, 1.54) is 5.56 Å².